The number of aliphatic hydroxyl groups is 1. The number of amides is 1. The second-order valence-electron chi connectivity index (χ2n) is 7.57. The molecule has 1 aromatic heterocycles. The molecule has 0 spiro atoms. The number of aryl methyl sites for hydroxylation is 1. The predicted molar refractivity (Wildman–Crippen MR) is 130 cm³/mol. The Hall–Kier alpha value is -3.55. The van der Waals surface area contributed by atoms with E-state index in [1.165, 1.54) is 31.3 Å². The molecule has 1 amide bonds. The molecule has 1 N–H and O–H groups in total. The van der Waals surface area contributed by atoms with Crippen molar-refractivity contribution in [2.45, 2.75) is 13.0 Å². The number of carbonyl (C=O) groups excluding carboxylic acids is 2. The van der Waals surface area contributed by atoms with Crippen LogP contribution in [0.15, 0.2) is 60.4 Å². The van der Waals surface area contributed by atoms with Crippen LogP contribution in [-0.4, -0.2) is 36.0 Å². The van der Waals surface area contributed by atoms with Gasteiger partial charge in [-0.25, -0.2) is 0 Å². The largest absolute Gasteiger partial charge is 0.507 e. The number of aromatic nitrogens is 1. The van der Waals surface area contributed by atoms with Gasteiger partial charge in [0.15, 0.2) is 0 Å². The molecule has 0 saturated carbocycles. The first kappa shape index (κ1) is 23.6. The molecule has 1 saturated heterocycles. The summed E-state index contributed by atoms with van der Waals surface area (Å²) in [5.74, 6) is -1.52. The summed E-state index contributed by atoms with van der Waals surface area (Å²) in [5, 5.41) is 12.1. The Kier molecular flexibility index (Phi) is 6.50. The molecule has 174 valence electrons. The van der Waals surface area contributed by atoms with Crippen molar-refractivity contribution in [1.29, 1.82) is 0 Å². The maximum Gasteiger partial charge on any atom is 0.300 e. The van der Waals surface area contributed by atoms with Gasteiger partial charge in [0.25, 0.3) is 11.7 Å². The van der Waals surface area contributed by atoms with Gasteiger partial charge < -0.3 is 14.6 Å². The minimum absolute atomic E-state index is 0.119. The lowest BCUT2D eigenvalue weighted by Gasteiger charge is -2.26. The number of carbonyl (C=O) groups is 2. The smallest absolute Gasteiger partial charge is 0.300 e. The summed E-state index contributed by atoms with van der Waals surface area (Å²) in [6.07, 6.45) is 3.12. The van der Waals surface area contributed by atoms with Crippen LogP contribution in [0.4, 0.5) is 5.69 Å². The van der Waals surface area contributed by atoms with E-state index in [0.717, 1.165) is 0 Å². The highest BCUT2D eigenvalue weighted by Crippen LogP contribution is 2.45. The molecule has 3 aromatic rings. The van der Waals surface area contributed by atoms with Crippen LogP contribution in [0.5, 0.6) is 11.5 Å². The Morgan fingerprint density at radius 1 is 1.06 bits per heavy atom. The number of methoxy groups -OCH3 is 2. The number of hydrogen-bond acceptors (Lipinski definition) is 6. The average Bonchev–Trinajstić information content (AvgIpc) is 3.09. The van der Waals surface area contributed by atoms with Crippen molar-refractivity contribution < 1.29 is 24.2 Å². The van der Waals surface area contributed by atoms with Crippen LogP contribution in [0, 0.1) is 6.92 Å². The van der Waals surface area contributed by atoms with Gasteiger partial charge in [0.05, 0.1) is 36.4 Å². The predicted octanol–water partition coefficient (Wildman–Crippen LogP) is 5.34. The van der Waals surface area contributed by atoms with Gasteiger partial charge in [-0.3, -0.25) is 19.5 Å². The molecule has 1 aliphatic heterocycles. The van der Waals surface area contributed by atoms with Crippen molar-refractivity contribution in [2.24, 2.45) is 0 Å². The molecular weight excluding hydrogens is 479 g/mol. The Morgan fingerprint density at radius 3 is 2.41 bits per heavy atom. The zero-order valence-corrected chi connectivity index (χ0v) is 20.0. The number of nitrogens with zero attached hydrogens (tertiary/aromatic N) is 2. The second-order valence-corrected chi connectivity index (χ2v) is 8.42. The second kappa shape index (κ2) is 9.37. The number of Topliss-reactive ketones (excluding diaryl/α,β-unsaturated/α-hetero) is 1. The van der Waals surface area contributed by atoms with Crippen molar-refractivity contribution >= 4 is 46.3 Å². The van der Waals surface area contributed by atoms with Crippen molar-refractivity contribution in [3.05, 3.63) is 87.2 Å². The van der Waals surface area contributed by atoms with Gasteiger partial charge in [0.2, 0.25) is 0 Å². The highest BCUT2D eigenvalue weighted by Gasteiger charge is 2.47. The standard InChI is InChI=1S/C25H20Cl2N2O5/c1-13-9-15(26)6-7-18(13)29-22(14-5-4-8-28-12-14)21(24(31)25(29)32)23(30)16-10-17(27)20(34-3)11-19(16)33-2/h4-12,22,30H,1-3H3/b23-21+. The molecule has 4 rings (SSSR count). The van der Waals surface area contributed by atoms with Gasteiger partial charge in [-0.2, -0.15) is 0 Å². The average molecular weight is 499 g/mol. The number of rotatable bonds is 5. The van der Waals surface area contributed by atoms with Crippen molar-refractivity contribution in [3.63, 3.8) is 0 Å². The molecule has 9 heteroatoms. The zero-order valence-electron chi connectivity index (χ0n) is 18.5. The lowest BCUT2D eigenvalue weighted by molar-refractivity contribution is -0.132. The van der Waals surface area contributed by atoms with Crippen LogP contribution in [0.3, 0.4) is 0 Å². The van der Waals surface area contributed by atoms with Crippen molar-refractivity contribution in [2.75, 3.05) is 19.1 Å². The molecule has 1 atom stereocenters. The summed E-state index contributed by atoms with van der Waals surface area (Å²) >= 11 is 12.4. The molecule has 0 aliphatic carbocycles. The third-order valence-corrected chi connectivity index (χ3v) is 6.12. The molecule has 1 unspecified atom stereocenters. The number of aliphatic hydroxyl groups excluding tert-OH is 1. The number of ketones is 1. The van der Waals surface area contributed by atoms with E-state index in [2.05, 4.69) is 4.98 Å². The summed E-state index contributed by atoms with van der Waals surface area (Å²) in [7, 11) is 2.86. The minimum Gasteiger partial charge on any atom is -0.507 e. The van der Waals surface area contributed by atoms with Crippen LogP contribution < -0.4 is 14.4 Å². The molecule has 1 fully saturated rings. The third-order valence-electron chi connectivity index (χ3n) is 5.59. The van der Waals surface area contributed by atoms with Gasteiger partial charge in [-0.05, 0) is 48.4 Å². The number of benzene rings is 2. The first-order valence-electron chi connectivity index (χ1n) is 10.2. The van der Waals surface area contributed by atoms with E-state index < -0.39 is 23.5 Å². The number of pyridine rings is 1. The zero-order chi connectivity index (χ0) is 24.6. The van der Waals surface area contributed by atoms with Gasteiger partial charge in [0, 0.05) is 29.2 Å². The maximum atomic E-state index is 13.3. The fourth-order valence-electron chi connectivity index (χ4n) is 4.01. The van der Waals surface area contributed by atoms with E-state index >= 15 is 0 Å². The Morgan fingerprint density at radius 2 is 1.79 bits per heavy atom. The first-order valence-corrected chi connectivity index (χ1v) is 10.9. The number of anilines is 1. The minimum atomic E-state index is -0.945. The SMILES string of the molecule is COc1cc(OC)c(/C(O)=C2\C(=O)C(=O)N(c3ccc(Cl)cc3C)C2c2cccnc2)cc1Cl. The van der Waals surface area contributed by atoms with E-state index in [9.17, 15) is 14.7 Å². The Labute approximate surface area is 206 Å². The van der Waals surface area contributed by atoms with Gasteiger partial charge in [-0.15, -0.1) is 0 Å². The molecule has 1 aliphatic rings. The highest BCUT2D eigenvalue weighted by molar-refractivity contribution is 6.52. The van der Waals surface area contributed by atoms with Gasteiger partial charge in [0.1, 0.15) is 17.3 Å². The van der Waals surface area contributed by atoms with Crippen LogP contribution in [0.25, 0.3) is 5.76 Å². The normalized spacial score (nSPS) is 17.2. The Balaban J connectivity index is 2.00. The summed E-state index contributed by atoms with van der Waals surface area (Å²) < 4.78 is 10.6. The van der Waals surface area contributed by atoms with Gasteiger partial charge in [-0.1, -0.05) is 29.3 Å². The number of hydrogen-bond donors (Lipinski definition) is 1. The van der Waals surface area contributed by atoms with Crippen LogP contribution in [-0.2, 0) is 9.59 Å². The van der Waals surface area contributed by atoms with Crippen LogP contribution in [0.1, 0.15) is 22.7 Å². The molecule has 0 bridgehead atoms. The monoisotopic (exact) mass is 498 g/mol. The van der Waals surface area contributed by atoms with Crippen LogP contribution >= 0.6 is 23.2 Å². The molecular formula is C25H20Cl2N2O5. The first-order chi connectivity index (χ1) is 16.3. The van der Waals surface area contributed by atoms with Gasteiger partial charge >= 0.3 is 0 Å². The summed E-state index contributed by atoms with van der Waals surface area (Å²) in [6.45, 7) is 1.78. The van der Waals surface area contributed by atoms with Crippen LogP contribution in [0.2, 0.25) is 10.0 Å². The molecule has 2 aromatic carbocycles. The topological polar surface area (TPSA) is 89.0 Å². The van der Waals surface area contributed by atoms with E-state index in [0.29, 0.717) is 27.6 Å². The van der Waals surface area contributed by atoms with Crippen molar-refractivity contribution in [1.82, 2.24) is 4.98 Å². The molecule has 2 heterocycles. The molecule has 34 heavy (non-hydrogen) atoms. The lowest BCUT2D eigenvalue weighted by Crippen LogP contribution is -2.30. The number of halogens is 2. The van der Waals surface area contributed by atoms with E-state index in [1.807, 2.05) is 0 Å². The lowest BCUT2D eigenvalue weighted by atomic mass is 9.95. The number of ether oxygens (including phenoxy) is 2. The summed E-state index contributed by atoms with van der Waals surface area (Å²) in [4.78, 5) is 32.1. The van der Waals surface area contributed by atoms with E-state index in [1.54, 1.807) is 49.6 Å². The summed E-state index contributed by atoms with van der Waals surface area (Å²) in [5.41, 5.74) is 1.74. The molecule has 7 nitrogen and oxygen atoms in total. The Bertz CT molecular complexity index is 1320. The van der Waals surface area contributed by atoms with E-state index in [-0.39, 0.29) is 21.9 Å². The fourth-order valence-corrected chi connectivity index (χ4v) is 4.48. The summed E-state index contributed by atoms with van der Waals surface area (Å²) in [6, 6.07) is 10.4. The highest BCUT2D eigenvalue weighted by atomic mass is 35.5. The maximum absolute atomic E-state index is 13.3. The third kappa shape index (κ3) is 3.97. The van der Waals surface area contributed by atoms with E-state index in [4.69, 9.17) is 32.7 Å². The molecule has 0 radical (unpaired) electrons. The fraction of sp³-hybridized carbons (Fsp3) is 0.160. The van der Waals surface area contributed by atoms with Crippen molar-refractivity contribution in [3.8, 4) is 11.5 Å². The quantitative estimate of drug-likeness (QED) is 0.290.